The highest BCUT2D eigenvalue weighted by atomic mass is 16.5. The monoisotopic (exact) mass is 248 g/mol. The summed E-state index contributed by atoms with van der Waals surface area (Å²) in [6.45, 7) is 10.5. The molecule has 0 aromatic carbocycles. The van der Waals surface area contributed by atoms with E-state index in [-0.39, 0.29) is 5.54 Å². The van der Waals surface area contributed by atoms with Crippen molar-refractivity contribution in [1.82, 2.24) is 10.3 Å². The van der Waals surface area contributed by atoms with Gasteiger partial charge in [-0.2, -0.15) is 0 Å². The quantitative estimate of drug-likeness (QED) is 0.620. The van der Waals surface area contributed by atoms with Crippen LogP contribution in [-0.4, -0.2) is 17.1 Å². The molecule has 0 saturated carbocycles. The van der Waals surface area contributed by atoms with Crippen molar-refractivity contribution in [3.63, 3.8) is 0 Å². The van der Waals surface area contributed by atoms with Crippen molar-refractivity contribution in [1.29, 1.82) is 0 Å². The predicted molar refractivity (Wildman–Crippen MR) is 75.3 cm³/mol. The predicted octanol–water partition coefficient (Wildman–Crippen LogP) is 3.06. The second-order valence-electron chi connectivity index (χ2n) is 5.35. The van der Waals surface area contributed by atoms with Crippen LogP contribution in [0.5, 0.6) is 0 Å². The lowest BCUT2D eigenvalue weighted by Gasteiger charge is -2.20. The smallest absolute Gasteiger partial charge is 0.0892 e. The van der Waals surface area contributed by atoms with Crippen LogP contribution in [0.15, 0.2) is 30.5 Å². The van der Waals surface area contributed by atoms with Crippen molar-refractivity contribution in [3.8, 4) is 0 Å². The summed E-state index contributed by atoms with van der Waals surface area (Å²) in [6, 6.07) is 4.12. The maximum atomic E-state index is 5.45. The second-order valence-corrected chi connectivity index (χ2v) is 5.35. The Labute approximate surface area is 110 Å². The summed E-state index contributed by atoms with van der Waals surface area (Å²) >= 11 is 0. The largest absolute Gasteiger partial charge is 0.371 e. The van der Waals surface area contributed by atoms with E-state index in [2.05, 4.69) is 37.1 Å². The average Bonchev–Trinajstić information content (AvgIpc) is 2.33. The Balaban J connectivity index is 2.38. The van der Waals surface area contributed by atoms with Crippen LogP contribution in [0.4, 0.5) is 0 Å². The Hall–Kier alpha value is -1.19. The molecule has 0 aliphatic heterocycles. The van der Waals surface area contributed by atoms with Gasteiger partial charge in [-0.05, 0) is 39.3 Å². The van der Waals surface area contributed by atoms with Gasteiger partial charge < -0.3 is 10.1 Å². The standard InChI is InChI=1S/C15H24N2O/c1-5-6-9-18-12-14-8-7-13(10-16-14)11-17-15(2,3)4/h5-8,10,17H,9,11-12H2,1-4H3. The van der Waals surface area contributed by atoms with Gasteiger partial charge in [-0.3, -0.25) is 4.98 Å². The van der Waals surface area contributed by atoms with Crippen molar-refractivity contribution in [2.75, 3.05) is 6.61 Å². The third-order valence-electron chi connectivity index (χ3n) is 2.41. The summed E-state index contributed by atoms with van der Waals surface area (Å²) < 4.78 is 5.45. The van der Waals surface area contributed by atoms with Gasteiger partial charge in [0.15, 0.2) is 0 Å². The first-order valence-electron chi connectivity index (χ1n) is 6.39. The van der Waals surface area contributed by atoms with Gasteiger partial charge in [0.05, 0.1) is 18.9 Å². The van der Waals surface area contributed by atoms with E-state index in [4.69, 9.17) is 4.74 Å². The van der Waals surface area contributed by atoms with Crippen molar-refractivity contribution in [2.45, 2.75) is 46.4 Å². The molecule has 0 aliphatic carbocycles. The maximum absolute atomic E-state index is 5.45. The molecular formula is C15H24N2O. The number of pyridine rings is 1. The van der Waals surface area contributed by atoms with Crippen molar-refractivity contribution < 1.29 is 4.74 Å². The minimum absolute atomic E-state index is 0.133. The highest BCUT2D eigenvalue weighted by molar-refractivity contribution is 5.13. The van der Waals surface area contributed by atoms with E-state index in [0.717, 1.165) is 12.2 Å². The van der Waals surface area contributed by atoms with Crippen LogP contribution in [0.3, 0.4) is 0 Å². The molecule has 1 aromatic rings. The van der Waals surface area contributed by atoms with E-state index in [0.29, 0.717) is 13.2 Å². The zero-order valence-electron chi connectivity index (χ0n) is 11.9. The SMILES string of the molecule is CC=CCOCc1ccc(CNC(C)(C)C)cn1. The summed E-state index contributed by atoms with van der Waals surface area (Å²) in [7, 11) is 0. The first kappa shape index (κ1) is 14.9. The minimum Gasteiger partial charge on any atom is -0.371 e. The Morgan fingerprint density at radius 3 is 2.67 bits per heavy atom. The van der Waals surface area contributed by atoms with Gasteiger partial charge in [-0.15, -0.1) is 0 Å². The highest BCUT2D eigenvalue weighted by Crippen LogP contribution is 2.05. The molecule has 1 rings (SSSR count). The highest BCUT2D eigenvalue weighted by Gasteiger charge is 2.08. The molecular weight excluding hydrogens is 224 g/mol. The fraction of sp³-hybridized carbons (Fsp3) is 0.533. The van der Waals surface area contributed by atoms with Crippen LogP contribution < -0.4 is 5.32 Å². The van der Waals surface area contributed by atoms with Gasteiger partial charge in [0.25, 0.3) is 0 Å². The van der Waals surface area contributed by atoms with Crippen molar-refractivity contribution in [3.05, 3.63) is 41.7 Å². The summed E-state index contributed by atoms with van der Waals surface area (Å²) in [6.07, 6.45) is 5.88. The van der Waals surface area contributed by atoms with Crippen LogP contribution in [0.1, 0.15) is 39.0 Å². The minimum atomic E-state index is 0.133. The lowest BCUT2D eigenvalue weighted by Crippen LogP contribution is -2.35. The zero-order chi connectivity index (χ0) is 13.4. The Morgan fingerprint density at radius 2 is 2.11 bits per heavy atom. The van der Waals surface area contributed by atoms with Gasteiger partial charge >= 0.3 is 0 Å². The number of nitrogens with one attached hydrogen (secondary N) is 1. The number of ether oxygens (including phenoxy) is 1. The summed E-state index contributed by atoms with van der Waals surface area (Å²) in [4.78, 5) is 4.39. The zero-order valence-corrected chi connectivity index (χ0v) is 11.9. The molecule has 3 heteroatoms. The topological polar surface area (TPSA) is 34.1 Å². The van der Waals surface area contributed by atoms with E-state index >= 15 is 0 Å². The lowest BCUT2D eigenvalue weighted by molar-refractivity contribution is 0.145. The maximum Gasteiger partial charge on any atom is 0.0892 e. The molecule has 3 nitrogen and oxygen atoms in total. The molecule has 0 saturated heterocycles. The van der Waals surface area contributed by atoms with E-state index in [1.807, 2.05) is 31.3 Å². The molecule has 18 heavy (non-hydrogen) atoms. The van der Waals surface area contributed by atoms with Gasteiger partial charge in [-0.1, -0.05) is 18.2 Å². The van der Waals surface area contributed by atoms with E-state index in [9.17, 15) is 0 Å². The van der Waals surface area contributed by atoms with Crippen molar-refractivity contribution >= 4 is 0 Å². The molecule has 0 aliphatic rings. The number of aromatic nitrogens is 1. The van der Waals surface area contributed by atoms with Gasteiger partial charge in [-0.25, -0.2) is 0 Å². The summed E-state index contributed by atoms with van der Waals surface area (Å²) in [5.41, 5.74) is 2.30. The number of hydrogen-bond donors (Lipinski definition) is 1. The molecule has 1 aromatic heterocycles. The van der Waals surface area contributed by atoms with Gasteiger partial charge in [0.1, 0.15) is 0 Å². The van der Waals surface area contributed by atoms with Gasteiger partial charge in [0, 0.05) is 18.3 Å². The van der Waals surface area contributed by atoms with E-state index in [1.165, 1.54) is 5.56 Å². The Morgan fingerprint density at radius 1 is 1.33 bits per heavy atom. The van der Waals surface area contributed by atoms with Crippen LogP contribution in [0, 0.1) is 0 Å². The normalized spacial score (nSPS) is 12.2. The van der Waals surface area contributed by atoms with Crippen LogP contribution in [-0.2, 0) is 17.9 Å². The summed E-state index contributed by atoms with van der Waals surface area (Å²) in [5, 5.41) is 3.44. The van der Waals surface area contributed by atoms with Crippen LogP contribution in [0.2, 0.25) is 0 Å². The molecule has 0 bridgehead atoms. The molecule has 100 valence electrons. The Bertz CT molecular complexity index is 363. The van der Waals surface area contributed by atoms with E-state index < -0.39 is 0 Å². The first-order valence-corrected chi connectivity index (χ1v) is 6.39. The molecule has 1 heterocycles. The Kier molecular flexibility index (Phi) is 6.02. The second kappa shape index (κ2) is 7.29. The fourth-order valence-electron chi connectivity index (χ4n) is 1.34. The lowest BCUT2D eigenvalue weighted by atomic mass is 10.1. The van der Waals surface area contributed by atoms with E-state index in [1.54, 1.807) is 0 Å². The van der Waals surface area contributed by atoms with Crippen LogP contribution in [0.25, 0.3) is 0 Å². The first-order chi connectivity index (χ1) is 8.51. The average molecular weight is 248 g/mol. The molecule has 0 spiro atoms. The number of rotatable bonds is 6. The third-order valence-corrected chi connectivity index (χ3v) is 2.41. The number of hydrogen-bond acceptors (Lipinski definition) is 3. The van der Waals surface area contributed by atoms with Gasteiger partial charge in [0.2, 0.25) is 0 Å². The van der Waals surface area contributed by atoms with Crippen molar-refractivity contribution in [2.24, 2.45) is 0 Å². The molecule has 0 amide bonds. The number of allylic oxidation sites excluding steroid dienone is 1. The van der Waals surface area contributed by atoms with Crippen LogP contribution >= 0.6 is 0 Å². The molecule has 0 radical (unpaired) electrons. The number of nitrogens with zero attached hydrogens (tertiary/aromatic N) is 1. The molecule has 0 unspecified atom stereocenters. The molecule has 0 atom stereocenters. The fourth-order valence-corrected chi connectivity index (χ4v) is 1.34. The molecule has 1 N–H and O–H groups in total. The molecule has 0 fully saturated rings. The third kappa shape index (κ3) is 6.52. The summed E-state index contributed by atoms with van der Waals surface area (Å²) in [5.74, 6) is 0.